The Morgan fingerprint density at radius 2 is 2.23 bits per heavy atom. The minimum atomic E-state index is -0.337. The molecule has 2 aromatic rings. The molecule has 1 aromatic carbocycles. The first-order chi connectivity index (χ1) is 10.5. The van der Waals surface area contributed by atoms with Crippen molar-refractivity contribution in [1.82, 2.24) is 15.3 Å². The zero-order valence-electron chi connectivity index (χ0n) is 13.6. The highest BCUT2D eigenvalue weighted by Gasteiger charge is 2.23. The van der Waals surface area contributed by atoms with Gasteiger partial charge in [-0.2, -0.15) is 0 Å². The molecule has 5 nitrogen and oxygen atoms in total. The van der Waals surface area contributed by atoms with Gasteiger partial charge in [-0.1, -0.05) is 19.1 Å². The Kier molecular flexibility index (Phi) is 5.19. The number of para-hydroxylation sites is 1. The van der Waals surface area contributed by atoms with Gasteiger partial charge in [0, 0.05) is 25.0 Å². The fraction of sp³-hybridized carbons (Fsp3) is 0.529. The molecule has 0 aliphatic heterocycles. The van der Waals surface area contributed by atoms with Gasteiger partial charge >= 0.3 is 0 Å². The smallest absolute Gasteiger partial charge is 0.220 e. The van der Waals surface area contributed by atoms with E-state index >= 15 is 0 Å². The molecule has 1 amide bonds. The molecule has 120 valence electrons. The minimum Gasteiger partial charge on any atom is -0.396 e. The SMILES string of the molecule is CCC(C)(CCO)NC(=O)CCc1nc2c(C)cccc2[nH]1. The largest absolute Gasteiger partial charge is 0.396 e. The monoisotopic (exact) mass is 303 g/mol. The summed E-state index contributed by atoms with van der Waals surface area (Å²) in [5.41, 5.74) is 2.77. The fourth-order valence-corrected chi connectivity index (χ4v) is 2.55. The quantitative estimate of drug-likeness (QED) is 0.735. The number of carbonyl (C=O) groups is 1. The van der Waals surface area contributed by atoms with Gasteiger partial charge in [0.25, 0.3) is 0 Å². The topological polar surface area (TPSA) is 78.0 Å². The number of aliphatic hydroxyl groups excluding tert-OH is 1. The molecule has 3 N–H and O–H groups in total. The number of nitrogens with one attached hydrogen (secondary N) is 2. The number of amides is 1. The zero-order valence-corrected chi connectivity index (χ0v) is 13.6. The molecule has 0 spiro atoms. The van der Waals surface area contributed by atoms with Crippen molar-refractivity contribution in [2.45, 2.75) is 52.0 Å². The Labute approximate surface area is 131 Å². The van der Waals surface area contributed by atoms with E-state index in [1.807, 2.05) is 39.0 Å². The molecule has 0 aliphatic carbocycles. The lowest BCUT2D eigenvalue weighted by atomic mass is 9.94. The summed E-state index contributed by atoms with van der Waals surface area (Å²) in [7, 11) is 0. The van der Waals surface area contributed by atoms with Crippen LogP contribution in [0.2, 0.25) is 0 Å². The number of H-pyrrole nitrogens is 1. The van der Waals surface area contributed by atoms with Gasteiger partial charge < -0.3 is 15.4 Å². The van der Waals surface area contributed by atoms with Gasteiger partial charge in [-0.3, -0.25) is 4.79 Å². The Hall–Kier alpha value is -1.88. The number of aryl methyl sites for hydroxylation is 2. The summed E-state index contributed by atoms with van der Waals surface area (Å²) in [4.78, 5) is 19.9. The van der Waals surface area contributed by atoms with Crippen LogP contribution >= 0.6 is 0 Å². The molecule has 0 fully saturated rings. The van der Waals surface area contributed by atoms with Crippen molar-refractivity contribution in [1.29, 1.82) is 0 Å². The van der Waals surface area contributed by atoms with Crippen LogP contribution in [0.15, 0.2) is 18.2 Å². The first-order valence-corrected chi connectivity index (χ1v) is 7.83. The number of nitrogens with zero attached hydrogens (tertiary/aromatic N) is 1. The maximum atomic E-state index is 12.1. The lowest BCUT2D eigenvalue weighted by Crippen LogP contribution is -2.46. The first-order valence-electron chi connectivity index (χ1n) is 7.83. The van der Waals surface area contributed by atoms with Crippen molar-refractivity contribution in [3.05, 3.63) is 29.6 Å². The number of aromatic amines is 1. The second-order valence-corrected chi connectivity index (χ2v) is 6.09. The van der Waals surface area contributed by atoms with E-state index in [9.17, 15) is 4.79 Å². The van der Waals surface area contributed by atoms with Gasteiger partial charge in [-0.15, -0.1) is 0 Å². The van der Waals surface area contributed by atoms with Crippen LogP contribution in [0.4, 0.5) is 0 Å². The maximum Gasteiger partial charge on any atom is 0.220 e. The van der Waals surface area contributed by atoms with Crippen LogP contribution in [-0.4, -0.2) is 33.1 Å². The predicted octanol–water partition coefficient (Wildman–Crippen LogP) is 2.47. The van der Waals surface area contributed by atoms with Crippen molar-refractivity contribution in [2.24, 2.45) is 0 Å². The molecule has 0 radical (unpaired) electrons. The van der Waals surface area contributed by atoms with Crippen LogP contribution in [-0.2, 0) is 11.2 Å². The molecule has 1 heterocycles. The Morgan fingerprint density at radius 1 is 1.45 bits per heavy atom. The number of benzene rings is 1. The number of fused-ring (bicyclic) bond motifs is 1. The third-order valence-electron chi connectivity index (χ3n) is 4.24. The molecule has 22 heavy (non-hydrogen) atoms. The number of aromatic nitrogens is 2. The Balaban J connectivity index is 1.96. The average molecular weight is 303 g/mol. The fourth-order valence-electron chi connectivity index (χ4n) is 2.55. The van der Waals surface area contributed by atoms with E-state index in [1.165, 1.54) is 0 Å². The molecular weight excluding hydrogens is 278 g/mol. The number of rotatable bonds is 7. The van der Waals surface area contributed by atoms with Crippen LogP contribution in [0, 0.1) is 6.92 Å². The third-order valence-corrected chi connectivity index (χ3v) is 4.24. The van der Waals surface area contributed by atoms with Gasteiger partial charge in [0.15, 0.2) is 0 Å². The van der Waals surface area contributed by atoms with Crippen molar-refractivity contribution >= 4 is 16.9 Å². The summed E-state index contributed by atoms with van der Waals surface area (Å²) >= 11 is 0. The lowest BCUT2D eigenvalue weighted by Gasteiger charge is -2.29. The zero-order chi connectivity index (χ0) is 16.2. The van der Waals surface area contributed by atoms with E-state index in [4.69, 9.17) is 5.11 Å². The van der Waals surface area contributed by atoms with Gasteiger partial charge in [-0.25, -0.2) is 4.98 Å². The van der Waals surface area contributed by atoms with Crippen LogP contribution < -0.4 is 5.32 Å². The molecule has 1 unspecified atom stereocenters. The number of imidazole rings is 1. The van der Waals surface area contributed by atoms with Gasteiger partial charge in [0.05, 0.1) is 11.0 Å². The highest BCUT2D eigenvalue weighted by Crippen LogP contribution is 2.17. The summed E-state index contributed by atoms with van der Waals surface area (Å²) in [6.07, 6.45) is 2.33. The van der Waals surface area contributed by atoms with Gasteiger partial charge in [-0.05, 0) is 38.3 Å². The van der Waals surface area contributed by atoms with E-state index in [2.05, 4.69) is 15.3 Å². The molecule has 1 atom stereocenters. The number of carbonyl (C=O) groups excluding carboxylic acids is 1. The van der Waals surface area contributed by atoms with Crippen molar-refractivity contribution in [2.75, 3.05) is 6.61 Å². The van der Waals surface area contributed by atoms with Crippen molar-refractivity contribution in [3.63, 3.8) is 0 Å². The van der Waals surface area contributed by atoms with Crippen LogP contribution in [0.5, 0.6) is 0 Å². The average Bonchev–Trinajstić information content (AvgIpc) is 2.90. The van der Waals surface area contributed by atoms with Gasteiger partial charge in [0.2, 0.25) is 5.91 Å². The van der Waals surface area contributed by atoms with Crippen LogP contribution in [0.1, 0.15) is 44.5 Å². The molecule has 5 heteroatoms. The van der Waals surface area contributed by atoms with E-state index in [0.29, 0.717) is 19.3 Å². The molecule has 0 aliphatic rings. The minimum absolute atomic E-state index is 0.00465. The normalized spacial score (nSPS) is 14.0. The number of hydrogen-bond donors (Lipinski definition) is 3. The second kappa shape index (κ2) is 6.92. The van der Waals surface area contributed by atoms with Crippen molar-refractivity contribution < 1.29 is 9.90 Å². The van der Waals surface area contributed by atoms with Crippen LogP contribution in [0.25, 0.3) is 11.0 Å². The molecule has 0 bridgehead atoms. The van der Waals surface area contributed by atoms with Crippen molar-refractivity contribution in [3.8, 4) is 0 Å². The maximum absolute atomic E-state index is 12.1. The predicted molar refractivity (Wildman–Crippen MR) is 87.7 cm³/mol. The highest BCUT2D eigenvalue weighted by atomic mass is 16.3. The Bertz CT molecular complexity index is 650. The number of aliphatic hydroxyl groups is 1. The lowest BCUT2D eigenvalue weighted by molar-refractivity contribution is -0.123. The van der Waals surface area contributed by atoms with Gasteiger partial charge in [0.1, 0.15) is 5.82 Å². The molecule has 2 rings (SSSR count). The molecule has 1 aromatic heterocycles. The Morgan fingerprint density at radius 3 is 2.86 bits per heavy atom. The summed E-state index contributed by atoms with van der Waals surface area (Å²) in [5, 5.41) is 12.1. The van der Waals surface area contributed by atoms with E-state index in [0.717, 1.165) is 28.8 Å². The van der Waals surface area contributed by atoms with E-state index in [1.54, 1.807) is 0 Å². The van der Waals surface area contributed by atoms with E-state index < -0.39 is 0 Å². The summed E-state index contributed by atoms with van der Waals surface area (Å²) < 4.78 is 0. The first kappa shape index (κ1) is 16.5. The summed E-state index contributed by atoms with van der Waals surface area (Å²) in [6, 6.07) is 6.02. The molecule has 0 saturated heterocycles. The standard InChI is InChI=1S/C17H25N3O2/c1-4-17(3,10-11-21)20-15(22)9-8-14-18-13-7-5-6-12(2)16(13)19-14/h5-7,21H,4,8-11H2,1-3H3,(H,18,19)(H,20,22). The van der Waals surface area contributed by atoms with Crippen LogP contribution in [0.3, 0.4) is 0 Å². The summed E-state index contributed by atoms with van der Waals surface area (Å²) in [5.74, 6) is 0.829. The second-order valence-electron chi connectivity index (χ2n) is 6.09. The molecule has 0 saturated carbocycles. The summed E-state index contributed by atoms with van der Waals surface area (Å²) in [6.45, 7) is 6.08. The third kappa shape index (κ3) is 3.85. The highest BCUT2D eigenvalue weighted by molar-refractivity contribution is 5.79. The molecular formula is C17H25N3O2. The van der Waals surface area contributed by atoms with E-state index in [-0.39, 0.29) is 18.1 Å². The number of hydrogen-bond acceptors (Lipinski definition) is 3.